The second-order valence-corrected chi connectivity index (χ2v) is 7.50. The molecular weight excluding hydrogens is 386 g/mol. The highest BCUT2D eigenvalue weighted by molar-refractivity contribution is 6.05. The fourth-order valence-electron chi connectivity index (χ4n) is 3.98. The number of fused-ring (bicyclic) bond motifs is 2. The maximum Gasteiger partial charge on any atom is 0.255 e. The Morgan fingerprint density at radius 1 is 1.23 bits per heavy atom. The summed E-state index contributed by atoms with van der Waals surface area (Å²) in [6.45, 7) is 2.65. The zero-order chi connectivity index (χ0) is 20.8. The fraction of sp³-hybridized carbons (Fsp3) is 0.300. The number of rotatable bonds is 4. The summed E-state index contributed by atoms with van der Waals surface area (Å²) < 4.78 is 0. The van der Waals surface area contributed by atoms with Gasteiger partial charge >= 0.3 is 0 Å². The third-order valence-corrected chi connectivity index (χ3v) is 5.47. The Labute approximate surface area is 171 Å². The number of carbonyl (C=O) groups is 3. The molecule has 30 heavy (non-hydrogen) atoms. The molecule has 1 unspecified atom stereocenters. The number of H-pyrrole nitrogens is 1. The molecule has 3 aromatic rings. The number of piperidine rings is 1. The standard InChI is InChI=1S/C20H19N7O3/c1-10-23-17(14-8-22-26-18(14)24-10)21-7-11-2-3-12-9-27(20(30)13(12)6-11)15-4-5-16(28)25-19(15)29/h2-3,6,8,15H,4-5,7,9H2,1H3,(H,25,28,29)(H2,21,22,23,24,26). The third-order valence-electron chi connectivity index (χ3n) is 5.47. The van der Waals surface area contributed by atoms with Gasteiger partial charge < -0.3 is 10.2 Å². The van der Waals surface area contributed by atoms with E-state index in [-0.39, 0.29) is 18.2 Å². The molecule has 1 saturated heterocycles. The van der Waals surface area contributed by atoms with Crippen LogP contribution in [0.25, 0.3) is 11.0 Å². The number of hydrogen-bond acceptors (Lipinski definition) is 7. The molecule has 5 rings (SSSR count). The number of aromatic amines is 1. The topological polar surface area (TPSA) is 133 Å². The van der Waals surface area contributed by atoms with E-state index >= 15 is 0 Å². The van der Waals surface area contributed by atoms with Gasteiger partial charge in [0.05, 0.1) is 11.6 Å². The summed E-state index contributed by atoms with van der Waals surface area (Å²) in [5.74, 6) is 0.413. The molecule has 4 heterocycles. The van der Waals surface area contributed by atoms with Crippen molar-refractivity contribution in [2.75, 3.05) is 5.32 Å². The van der Waals surface area contributed by atoms with Gasteiger partial charge in [0, 0.05) is 25.1 Å². The van der Waals surface area contributed by atoms with Crippen molar-refractivity contribution in [2.45, 2.75) is 38.9 Å². The second kappa shape index (κ2) is 6.90. The van der Waals surface area contributed by atoms with Crippen LogP contribution in [0.2, 0.25) is 0 Å². The molecule has 152 valence electrons. The van der Waals surface area contributed by atoms with Crippen LogP contribution in [0.3, 0.4) is 0 Å². The lowest BCUT2D eigenvalue weighted by atomic mass is 10.0. The largest absolute Gasteiger partial charge is 0.365 e. The molecule has 10 nitrogen and oxygen atoms in total. The van der Waals surface area contributed by atoms with Crippen LogP contribution in [0, 0.1) is 6.92 Å². The van der Waals surface area contributed by atoms with E-state index in [4.69, 9.17) is 0 Å². The summed E-state index contributed by atoms with van der Waals surface area (Å²) in [4.78, 5) is 46.8. The minimum atomic E-state index is -0.609. The normalized spacial score (nSPS) is 18.6. The van der Waals surface area contributed by atoms with Gasteiger partial charge in [-0.1, -0.05) is 12.1 Å². The van der Waals surface area contributed by atoms with E-state index in [1.54, 1.807) is 11.1 Å². The smallest absolute Gasteiger partial charge is 0.255 e. The van der Waals surface area contributed by atoms with E-state index in [0.29, 0.717) is 42.4 Å². The first-order chi connectivity index (χ1) is 14.5. The van der Waals surface area contributed by atoms with Crippen LogP contribution in [0.4, 0.5) is 5.82 Å². The molecule has 2 aliphatic rings. The Kier molecular flexibility index (Phi) is 4.19. The average molecular weight is 405 g/mol. The first-order valence-corrected chi connectivity index (χ1v) is 9.67. The van der Waals surface area contributed by atoms with Gasteiger partial charge in [-0.15, -0.1) is 0 Å². The molecule has 10 heteroatoms. The number of carbonyl (C=O) groups excluding carboxylic acids is 3. The van der Waals surface area contributed by atoms with Crippen LogP contribution in [0.5, 0.6) is 0 Å². The van der Waals surface area contributed by atoms with E-state index in [2.05, 4.69) is 30.8 Å². The molecule has 2 aliphatic heterocycles. The van der Waals surface area contributed by atoms with E-state index in [9.17, 15) is 14.4 Å². The first-order valence-electron chi connectivity index (χ1n) is 9.67. The Balaban J connectivity index is 1.34. The maximum atomic E-state index is 12.9. The predicted molar refractivity (Wildman–Crippen MR) is 106 cm³/mol. The summed E-state index contributed by atoms with van der Waals surface area (Å²) in [7, 11) is 0. The summed E-state index contributed by atoms with van der Waals surface area (Å²) >= 11 is 0. The van der Waals surface area contributed by atoms with Crippen molar-refractivity contribution in [1.29, 1.82) is 0 Å². The van der Waals surface area contributed by atoms with Crippen LogP contribution in [0.1, 0.15) is 40.2 Å². The Hall–Kier alpha value is -3.82. The number of amides is 3. The van der Waals surface area contributed by atoms with Crippen LogP contribution in [0.15, 0.2) is 24.4 Å². The highest BCUT2D eigenvalue weighted by Gasteiger charge is 2.39. The van der Waals surface area contributed by atoms with Gasteiger partial charge in [0.1, 0.15) is 17.7 Å². The van der Waals surface area contributed by atoms with E-state index in [1.165, 1.54) is 0 Å². The minimum Gasteiger partial charge on any atom is -0.365 e. The van der Waals surface area contributed by atoms with Crippen LogP contribution >= 0.6 is 0 Å². The molecule has 2 aromatic heterocycles. The molecule has 1 atom stereocenters. The predicted octanol–water partition coefficient (Wildman–Crippen LogP) is 1.03. The number of anilines is 1. The summed E-state index contributed by atoms with van der Waals surface area (Å²) in [6.07, 6.45) is 2.26. The summed E-state index contributed by atoms with van der Waals surface area (Å²) in [5.41, 5.74) is 3.05. The SMILES string of the molecule is Cc1nc(NCc2ccc3c(c2)C(=O)N(C2CCC(=O)NC2=O)C3)c2cn[nH]c2n1. The Morgan fingerprint density at radius 3 is 2.93 bits per heavy atom. The fourth-order valence-corrected chi connectivity index (χ4v) is 3.98. The van der Waals surface area contributed by atoms with Gasteiger partial charge in [-0.05, 0) is 30.5 Å². The number of nitrogens with one attached hydrogen (secondary N) is 3. The van der Waals surface area contributed by atoms with Crippen LogP contribution in [-0.4, -0.2) is 48.8 Å². The molecular formula is C20H19N7O3. The third kappa shape index (κ3) is 3.06. The zero-order valence-corrected chi connectivity index (χ0v) is 16.2. The number of aromatic nitrogens is 4. The average Bonchev–Trinajstić information content (AvgIpc) is 3.31. The van der Waals surface area contributed by atoms with Gasteiger partial charge in [-0.3, -0.25) is 24.8 Å². The van der Waals surface area contributed by atoms with Crippen molar-refractivity contribution in [3.05, 3.63) is 46.9 Å². The van der Waals surface area contributed by atoms with E-state index in [1.807, 2.05) is 25.1 Å². The van der Waals surface area contributed by atoms with Crippen molar-refractivity contribution in [3.63, 3.8) is 0 Å². The zero-order valence-electron chi connectivity index (χ0n) is 16.2. The lowest BCUT2D eigenvalue weighted by Crippen LogP contribution is -2.52. The summed E-state index contributed by atoms with van der Waals surface area (Å²) in [6, 6.07) is 5.10. The number of nitrogens with zero attached hydrogens (tertiary/aromatic N) is 4. The van der Waals surface area contributed by atoms with Gasteiger partial charge in [0.2, 0.25) is 11.8 Å². The van der Waals surface area contributed by atoms with Crippen molar-refractivity contribution in [1.82, 2.24) is 30.4 Å². The molecule has 3 N–H and O–H groups in total. The molecule has 0 saturated carbocycles. The van der Waals surface area contributed by atoms with E-state index < -0.39 is 11.9 Å². The van der Waals surface area contributed by atoms with Crippen molar-refractivity contribution < 1.29 is 14.4 Å². The molecule has 0 spiro atoms. The molecule has 1 aromatic carbocycles. The number of imide groups is 1. The summed E-state index contributed by atoms with van der Waals surface area (Å²) in [5, 5.41) is 13.2. The first kappa shape index (κ1) is 18.2. The van der Waals surface area contributed by atoms with Gasteiger partial charge in [-0.25, -0.2) is 9.97 Å². The molecule has 0 bridgehead atoms. The van der Waals surface area contributed by atoms with Crippen molar-refractivity contribution in [3.8, 4) is 0 Å². The number of benzene rings is 1. The highest BCUT2D eigenvalue weighted by atomic mass is 16.2. The van der Waals surface area contributed by atoms with E-state index in [0.717, 1.165) is 16.5 Å². The molecule has 0 aliphatic carbocycles. The molecule has 1 fully saturated rings. The Morgan fingerprint density at radius 2 is 2.10 bits per heavy atom. The molecule has 3 amide bonds. The lowest BCUT2D eigenvalue weighted by molar-refractivity contribution is -0.136. The quantitative estimate of drug-likeness (QED) is 0.552. The number of aryl methyl sites for hydroxylation is 1. The lowest BCUT2D eigenvalue weighted by Gasteiger charge is -2.29. The van der Waals surface area contributed by atoms with Gasteiger partial charge in [-0.2, -0.15) is 5.10 Å². The minimum absolute atomic E-state index is 0.184. The Bertz CT molecular complexity index is 1200. The van der Waals surface area contributed by atoms with Gasteiger partial charge in [0.25, 0.3) is 5.91 Å². The second-order valence-electron chi connectivity index (χ2n) is 7.50. The van der Waals surface area contributed by atoms with Gasteiger partial charge in [0.15, 0.2) is 5.65 Å². The monoisotopic (exact) mass is 405 g/mol. The van der Waals surface area contributed by atoms with Crippen LogP contribution in [-0.2, 0) is 22.7 Å². The highest BCUT2D eigenvalue weighted by Crippen LogP contribution is 2.28. The number of hydrogen-bond donors (Lipinski definition) is 3. The maximum absolute atomic E-state index is 12.9. The van der Waals surface area contributed by atoms with Crippen LogP contribution < -0.4 is 10.6 Å². The van der Waals surface area contributed by atoms with Crippen molar-refractivity contribution >= 4 is 34.6 Å². The molecule has 0 radical (unpaired) electrons. The van der Waals surface area contributed by atoms with Crippen molar-refractivity contribution in [2.24, 2.45) is 0 Å².